The molecule has 9 nitrogen and oxygen atoms in total. The van der Waals surface area contributed by atoms with Crippen LogP contribution >= 0.6 is 11.8 Å². The second-order valence-corrected chi connectivity index (χ2v) is 8.10. The molecule has 1 aliphatic rings. The van der Waals surface area contributed by atoms with Gasteiger partial charge >= 0.3 is 12.1 Å². The van der Waals surface area contributed by atoms with Gasteiger partial charge in [0.05, 0.1) is 42.9 Å². The number of methoxy groups -OCH3 is 2. The fourth-order valence-corrected chi connectivity index (χ4v) is 3.85. The maximum atomic E-state index is 13.5. The first-order valence-corrected chi connectivity index (χ1v) is 10.9. The Bertz CT molecular complexity index is 1290. The van der Waals surface area contributed by atoms with E-state index in [0.29, 0.717) is 11.6 Å². The summed E-state index contributed by atoms with van der Waals surface area (Å²) in [5.41, 5.74) is -0.836. The maximum absolute atomic E-state index is 13.5. The van der Waals surface area contributed by atoms with Crippen molar-refractivity contribution >= 4 is 34.9 Å². The molecule has 0 saturated heterocycles. The molecular weight excluding hydrogens is 503 g/mol. The Kier molecular flexibility index (Phi) is 8.23. The van der Waals surface area contributed by atoms with Crippen molar-refractivity contribution in [3.63, 3.8) is 0 Å². The molecule has 2 aromatic rings. The second-order valence-electron chi connectivity index (χ2n) is 7.07. The number of nitriles is 1. The zero-order chi connectivity index (χ0) is 26.5. The van der Waals surface area contributed by atoms with E-state index in [1.54, 1.807) is 6.07 Å². The number of amidine groups is 1. The molecule has 0 aromatic heterocycles. The summed E-state index contributed by atoms with van der Waals surface area (Å²) in [5, 5.41) is 20.9. The van der Waals surface area contributed by atoms with Crippen molar-refractivity contribution in [1.82, 2.24) is 5.32 Å². The smallest absolute Gasteiger partial charge is 0.420 e. The van der Waals surface area contributed by atoms with Gasteiger partial charge in [0.25, 0.3) is 5.91 Å². The number of hydrogen-bond acceptors (Lipinski definition) is 9. The fraction of sp³-hybridized carbons (Fsp3) is 0.217. The van der Waals surface area contributed by atoms with Crippen LogP contribution in [0.25, 0.3) is 6.08 Å². The number of aliphatic hydroxyl groups is 1. The third-order valence-corrected chi connectivity index (χ3v) is 5.62. The molecule has 0 bridgehead atoms. The predicted octanol–water partition coefficient (Wildman–Crippen LogP) is 3.47. The lowest BCUT2D eigenvalue weighted by Gasteiger charge is -2.16. The first-order valence-electron chi connectivity index (χ1n) is 10.0. The van der Waals surface area contributed by atoms with Gasteiger partial charge in [0.15, 0.2) is 16.7 Å². The molecular formula is C23H18F3N3O6S. The molecule has 1 unspecified atom stereocenters. The van der Waals surface area contributed by atoms with Gasteiger partial charge in [0.2, 0.25) is 0 Å². The summed E-state index contributed by atoms with van der Waals surface area (Å²) in [5.74, 6) is -1.79. The topological polar surface area (TPSA) is 130 Å². The highest BCUT2D eigenvalue weighted by Crippen LogP contribution is 2.41. The van der Waals surface area contributed by atoms with Crippen LogP contribution in [0.3, 0.4) is 0 Å². The summed E-state index contributed by atoms with van der Waals surface area (Å²) in [6.07, 6.45) is -3.29. The quantitative estimate of drug-likeness (QED) is 0.415. The van der Waals surface area contributed by atoms with Gasteiger partial charge in [0.1, 0.15) is 11.8 Å². The molecule has 0 saturated carbocycles. The monoisotopic (exact) mass is 521 g/mol. The van der Waals surface area contributed by atoms with E-state index in [-0.39, 0.29) is 27.1 Å². The van der Waals surface area contributed by atoms with Crippen LogP contribution in [-0.2, 0) is 20.5 Å². The average molecular weight is 521 g/mol. The average Bonchev–Trinajstić information content (AvgIpc) is 3.20. The van der Waals surface area contributed by atoms with Crippen LogP contribution in [-0.4, -0.2) is 49.0 Å². The van der Waals surface area contributed by atoms with Crippen molar-refractivity contribution in [1.29, 1.82) is 5.26 Å². The molecule has 36 heavy (non-hydrogen) atoms. The highest BCUT2D eigenvalue weighted by molar-refractivity contribution is 8.18. The second kappa shape index (κ2) is 11.1. The lowest BCUT2D eigenvalue weighted by atomic mass is 10.1. The molecule has 2 N–H and O–H groups in total. The number of amides is 1. The highest BCUT2D eigenvalue weighted by atomic mass is 32.2. The number of ether oxygens (including phenoxy) is 3. The normalized spacial score (nSPS) is 15.2. The van der Waals surface area contributed by atoms with E-state index in [2.05, 4.69) is 15.0 Å². The number of esters is 1. The van der Waals surface area contributed by atoms with Gasteiger partial charge < -0.3 is 24.6 Å². The minimum Gasteiger partial charge on any atom is -0.493 e. The summed E-state index contributed by atoms with van der Waals surface area (Å²) in [7, 11) is 2.45. The van der Waals surface area contributed by atoms with Crippen molar-refractivity contribution in [2.24, 2.45) is 4.99 Å². The number of nitrogens with one attached hydrogen (secondary N) is 1. The Labute approximate surface area is 207 Å². The number of benzene rings is 2. The van der Waals surface area contributed by atoms with Gasteiger partial charge in [-0.05, 0) is 53.7 Å². The van der Waals surface area contributed by atoms with Crippen molar-refractivity contribution in [3.8, 4) is 23.3 Å². The molecule has 188 valence electrons. The first-order chi connectivity index (χ1) is 17.1. The third kappa shape index (κ3) is 6.15. The number of thioether (sulfide) groups is 1. The van der Waals surface area contributed by atoms with Crippen LogP contribution in [0.5, 0.6) is 17.2 Å². The van der Waals surface area contributed by atoms with Crippen LogP contribution in [0.1, 0.15) is 16.7 Å². The van der Waals surface area contributed by atoms with Crippen LogP contribution in [0.2, 0.25) is 0 Å². The molecule has 0 fully saturated rings. The Hall–Kier alpha value is -4.02. The molecule has 1 aliphatic heterocycles. The zero-order valence-electron chi connectivity index (χ0n) is 18.8. The summed E-state index contributed by atoms with van der Waals surface area (Å²) in [6.45, 7) is -0.576. The number of carbonyl (C=O) groups is 2. The Morgan fingerprint density at radius 3 is 2.56 bits per heavy atom. The lowest BCUT2D eigenvalue weighted by molar-refractivity contribution is -0.143. The lowest BCUT2D eigenvalue weighted by Crippen LogP contribution is -2.42. The number of rotatable bonds is 7. The molecule has 2 aromatic carbocycles. The SMILES string of the molecule is COC(=O)C(CO)NC1=NC(=O)C(=Cc2ccc(Oc3ccc(C#N)cc3C(F)(F)F)c(OC)c2)S1. The molecule has 13 heteroatoms. The number of nitrogens with zero attached hydrogens (tertiary/aromatic N) is 2. The molecule has 0 radical (unpaired) electrons. The van der Waals surface area contributed by atoms with Gasteiger partial charge in [-0.2, -0.15) is 23.4 Å². The number of aliphatic imine (C=N–C) groups is 1. The van der Waals surface area contributed by atoms with Crippen LogP contribution in [0.4, 0.5) is 13.2 Å². The van der Waals surface area contributed by atoms with Gasteiger partial charge in [-0.3, -0.25) is 4.79 Å². The highest BCUT2D eigenvalue weighted by Gasteiger charge is 2.35. The fourth-order valence-electron chi connectivity index (χ4n) is 2.98. The molecule has 0 aliphatic carbocycles. The molecule has 1 amide bonds. The largest absolute Gasteiger partial charge is 0.493 e. The summed E-state index contributed by atoms with van der Waals surface area (Å²) >= 11 is 0.922. The van der Waals surface area contributed by atoms with Gasteiger partial charge in [-0.25, -0.2) is 4.79 Å². The van der Waals surface area contributed by atoms with Crippen molar-refractivity contribution in [2.45, 2.75) is 12.2 Å². The van der Waals surface area contributed by atoms with E-state index in [0.717, 1.165) is 24.9 Å². The minimum atomic E-state index is -4.76. The van der Waals surface area contributed by atoms with E-state index in [4.69, 9.17) is 14.7 Å². The third-order valence-electron chi connectivity index (χ3n) is 4.71. The molecule has 3 rings (SSSR count). The number of carbonyl (C=O) groups excluding carboxylic acids is 2. The first kappa shape index (κ1) is 26.6. The summed E-state index contributed by atoms with van der Waals surface area (Å²) < 4.78 is 55.6. The van der Waals surface area contributed by atoms with Crippen molar-refractivity contribution in [2.75, 3.05) is 20.8 Å². The van der Waals surface area contributed by atoms with Crippen LogP contribution in [0, 0.1) is 11.3 Å². The number of hydrogen-bond donors (Lipinski definition) is 2. The van der Waals surface area contributed by atoms with E-state index in [9.17, 15) is 27.9 Å². The van der Waals surface area contributed by atoms with E-state index >= 15 is 0 Å². The minimum absolute atomic E-state index is 0.0252. The number of aliphatic hydroxyl groups excluding tert-OH is 1. The standard InChI is InChI=1S/C23H18F3N3O6S/c1-33-18-8-12(9-19-20(31)29-22(36-19)28-15(11-30)21(32)34-2)3-6-17(18)35-16-5-4-13(10-27)7-14(16)23(24,25)26/h3-9,15,30H,11H2,1-2H3,(H,28,29,31). The van der Waals surface area contributed by atoms with Gasteiger partial charge in [-0.15, -0.1) is 0 Å². The number of alkyl halides is 3. The van der Waals surface area contributed by atoms with Gasteiger partial charge in [-0.1, -0.05) is 6.07 Å². The summed E-state index contributed by atoms with van der Waals surface area (Å²) in [6, 6.07) is 7.80. The molecule has 0 spiro atoms. The van der Waals surface area contributed by atoms with E-state index in [1.807, 2.05) is 0 Å². The molecule has 1 atom stereocenters. The van der Waals surface area contributed by atoms with E-state index in [1.165, 1.54) is 37.5 Å². The summed E-state index contributed by atoms with van der Waals surface area (Å²) in [4.78, 5) is 27.9. The van der Waals surface area contributed by atoms with Crippen molar-refractivity contribution < 1.29 is 42.1 Å². The zero-order valence-corrected chi connectivity index (χ0v) is 19.6. The van der Waals surface area contributed by atoms with Gasteiger partial charge in [0, 0.05) is 0 Å². The Morgan fingerprint density at radius 2 is 1.94 bits per heavy atom. The van der Waals surface area contributed by atoms with Crippen LogP contribution < -0.4 is 14.8 Å². The van der Waals surface area contributed by atoms with E-state index < -0.39 is 42.0 Å². The Balaban J connectivity index is 1.83. The maximum Gasteiger partial charge on any atom is 0.420 e. The Morgan fingerprint density at radius 1 is 1.22 bits per heavy atom. The van der Waals surface area contributed by atoms with Crippen molar-refractivity contribution in [3.05, 3.63) is 58.0 Å². The predicted molar refractivity (Wildman–Crippen MR) is 123 cm³/mol. The van der Waals surface area contributed by atoms with Crippen LogP contribution in [0.15, 0.2) is 46.3 Å². The number of halogens is 3. The molecule has 1 heterocycles.